The van der Waals surface area contributed by atoms with E-state index >= 15 is 0 Å². The first kappa shape index (κ1) is 13.9. The lowest BCUT2D eigenvalue weighted by atomic mass is 9.85. The smallest absolute Gasteiger partial charge is 0.405 e. The Morgan fingerprint density at radius 1 is 1.50 bits per heavy atom. The number of benzene rings is 1. The highest BCUT2D eigenvalue weighted by molar-refractivity contribution is 5.65. The molecule has 114 valence electrons. The van der Waals surface area contributed by atoms with E-state index in [1.165, 1.54) is 23.1 Å². The molecule has 2 atom stereocenters. The summed E-state index contributed by atoms with van der Waals surface area (Å²) in [7, 11) is 0. The molecule has 2 unspecified atom stereocenters. The Balaban J connectivity index is 2.06. The third kappa shape index (κ3) is 2.45. The Hall–Kier alpha value is -3.04. The quantitative estimate of drug-likeness (QED) is 0.656. The van der Waals surface area contributed by atoms with E-state index in [0.29, 0.717) is 18.4 Å². The van der Waals surface area contributed by atoms with Gasteiger partial charge >= 0.3 is 6.09 Å². The summed E-state index contributed by atoms with van der Waals surface area (Å²) in [5.41, 5.74) is 6.49. The molecule has 3 rings (SSSR count). The Morgan fingerprint density at radius 3 is 2.95 bits per heavy atom. The first-order valence-corrected chi connectivity index (χ1v) is 6.52. The fourth-order valence-electron chi connectivity index (χ4n) is 2.71. The summed E-state index contributed by atoms with van der Waals surface area (Å²) in [5, 5.41) is 21.9. The van der Waals surface area contributed by atoms with Crippen molar-refractivity contribution in [2.24, 2.45) is 5.73 Å². The van der Waals surface area contributed by atoms with Crippen molar-refractivity contribution in [3.63, 3.8) is 0 Å². The number of aryl methyl sites for hydroxylation is 1. The molecule has 0 aliphatic heterocycles. The highest BCUT2D eigenvalue weighted by Crippen LogP contribution is 2.40. The second kappa shape index (κ2) is 5.39. The van der Waals surface area contributed by atoms with E-state index in [0.717, 1.165) is 5.56 Å². The molecule has 0 fully saturated rings. The number of amides is 1. The molecule has 10 nitrogen and oxygen atoms in total. The minimum absolute atomic E-state index is 0.0748. The predicted molar refractivity (Wildman–Crippen MR) is 71.7 cm³/mol. The Bertz CT molecular complexity index is 716. The molecule has 1 aromatic heterocycles. The van der Waals surface area contributed by atoms with Gasteiger partial charge in [-0.05, 0) is 28.8 Å². The predicted octanol–water partition coefficient (Wildman–Crippen LogP) is 0.905. The van der Waals surface area contributed by atoms with Gasteiger partial charge < -0.3 is 10.5 Å². The standard InChI is InChI=1S/C12H12N6O4/c13-12(19)22-11-9-5-8(18(20)21)3-1-7(9)2-4-10(11)17-6-14-15-16-17/h1,3,5-6,10-11H,2,4H2,(H2,13,19). The van der Waals surface area contributed by atoms with Crippen molar-refractivity contribution < 1.29 is 14.5 Å². The van der Waals surface area contributed by atoms with Crippen LogP contribution in [0.15, 0.2) is 24.5 Å². The zero-order valence-electron chi connectivity index (χ0n) is 11.3. The van der Waals surface area contributed by atoms with E-state index in [1.54, 1.807) is 6.07 Å². The monoisotopic (exact) mass is 304 g/mol. The number of nitrogens with two attached hydrogens (primary N) is 1. The van der Waals surface area contributed by atoms with Crippen molar-refractivity contribution in [1.82, 2.24) is 20.2 Å². The van der Waals surface area contributed by atoms with Crippen LogP contribution >= 0.6 is 0 Å². The van der Waals surface area contributed by atoms with Gasteiger partial charge in [0.2, 0.25) is 0 Å². The number of hydrogen-bond acceptors (Lipinski definition) is 7. The van der Waals surface area contributed by atoms with Gasteiger partial charge in [-0.25, -0.2) is 9.48 Å². The Labute approximate surface area is 124 Å². The van der Waals surface area contributed by atoms with Crippen LogP contribution in [0.2, 0.25) is 0 Å². The maximum Gasteiger partial charge on any atom is 0.405 e. The number of fused-ring (bicyclic) bond motifs is 1. The minimum atomic E-state index is -0.956. The molecule has 0 bridgehead atoms. The lowest BCUT2D eigenvalue weighted by Crippen LogP contribution is -2.30. The number of non-ortho nitro benzene ring substituents is 1. The molecule has 0 saturated heterocycles. The number of hydrogen-bond donors (Lipinski definition) is 1. The van der Waals surface area contributed by atoms with Gasteiger partial charge in [-0.2, -0.15) is 0 Å². The molecule has 0 radical (unpaired) electrons. The average molecular weight is 304 g/mol. The molecule has 0 saturated carbocycles. The second-order valence-electron chi connectivity index (χ2n) is 4.89. The van der Waals surface area contributed by atoms with E-state index in [2.05, 4.69) is 15.5 Å². The number of carbonyl (C=O) groups excluding carboxylic acids is 1. The molecular weight excluding hydrogens is 292 g/mol. The average Bonchev–Trinajstić information content (AvgIpc) is 3.00. The van der Waals surface area contributed by atoms with Crippen LogP contribution in [0.25, 0.3) is 0 Å². The SMILES string of the molecule is NC(=O)OC1c2cc([N+](=O)[O-])ccc2CCC1n1cnnn1. The summed E-state index contributed by atoms with van der Waals surface area (Å²) < 4.78 is 6.66. The van der Waals surface area contributed by atoms with Gasteiger partial charge in [-0.1, -0.05) is 6.07 Å². The van der Waals surface area contributed by atoms with Crippen molar-refractivity contribution in [3.05, 3.63) is 45.8 Å². The third-order valence-corrected chi connectivity index (χ3v) is 3.65. The van der Waals surface area contributed by atoms with Crippen molar-refractivity contribution in [3.8, 4) is 0 Å². The first-order valence-electron chi connectivity index (χ1n) is 6.52. The highest BCUT2D eigenvalue weighted by Gasteiger charge is 2.35. The largest absolute Gasteiger partial charge is 0.439 e. The van der Waals surface area contributed by atoms with Crippen molar-refractivity contribution in [2.75, 3.05) is 0 Å². The molecule has 0 spiro atoms. The minimum Gasteiger partial charge on any atom is -0.439 e. The van der Waals surface area contributed by atoms with Crippen LogP contribution < -0.4 is 5.73 Å². The Kier molecular flexibility index (Phi) is 3.41. The zero-order valence-corrected chi connectivity index (χ0v) is 11.3. The van der Waals surface area contributed by atoms with E-state index in [9.17, 15) is 14.9 Å². The number of tetrazole rings is 1. The molecule has 1 amide bonds. The van der Waals surface area contributed by atoms with Gasteiger partial charge in [0, 0.05) is 17.7 Å². The van der Waals surface area contributed by atoms with Crippen LogP contribution in [-0.4, -0.2) is 31.2 Å². The summed E-state index contributed by atoms with van der Waals surface area (Å²) in [6.07, 6.45) is 0.960. The molecule has 1 aliphatic rings. The molecule has 1 aliphatic carbocycles. The van der Waals surface area contributed by atoms with Crippen LogP contribution in [0.3, 0.4) is 0 Å². The lowest BCUT2D eigenvalue weighted by molar-refractivity contribution is -0.385. The maximum absolute atomic E-state index is 11.2. The van der Waals surface area contributed by atoms with Gasteiger partial charge in [0.1, 0.15) is 6.33 Å². The summed E-state index contributed by atoms with van der Waals surface area (Å²) >= 11 is 0. The number of rotatable bonds is 3. The van der Waals surface area contributed by atoms with Crippen LogP contribution in [0.5, 0.6) is 0 Å². The van der Waals surface area contributed by atoms with Gasteiger partial charge in [0.15, 0.2) is 6.10 Å². The molecule has 1 aromatic carbocycles. The number of aromatic nitrogens is 4. The van der Waals surface area contributed by atoms with Crippen LogP contribution in [-0.2, 0) is 11.2 Å². The zero-order chi connectivity index (χ0) is 15.7. The van der Waals surface area contributed by atoms with Crippen LogP contribution in [0, 0.1) is 10.1 Å². The van der Waals surface area contributed by atoms with Gasteiger partial charge in [-0.3, -0.25) is 10.1 Å². The molecule has 22 heavy (non-hydrogen) atoms. The maximum atomic E-state index is 11.2. The molecular formula is C12H12N6O4. The molecule has 10 heteroatoms. The van der Waals surface area contributed by atoms with E-state index in [-0.39, 0.29) is 11.7 Å². The number of nitro benzene ring substituents is 1. The summed E-state index contributed by atoms with van der Waals surface area (Å²) in [6.45, 7) is 0. The fraction of sp³-hybridized carbons (Fsp3) is 0.333. The number of carbonyl (C=O) groups is 1. The van der Waals surface area contributed by atoms with Crippen molar-refractivity contribution >= 4 is 11.8 Å². The normalized spacial score (nSPS) is 20.2. The summed E-state index contributed by atoms with van der Waals surface area (Å²) in [4.78, 5) is 21.7. The number of primary amides is 1. The Morgan fingerprint density at radius 2 is 2.32 bits per heavy atom. The topological polar surface area (TPSA) is 139 Å². The summed E-state index contributed by atoms with van der Waals surface area (Å²) in [5.74, 6) is 0. The highest BCUT2D eigenvalue weighted by atomic mass is 16.6. The van der Waals surface area contributed by atoms with Gasteiger partial charge in [0.25, 0.3) is 5.69 Å². The number of ether oxygens (including phenoxy) is 1. The van der Waals surface area contributed by atoms with E-state index in [1.807, 2.05) is 0 Å². The lowest BCUT2D eigenvalue weighted by Gasteiger charge is -2.31. The van der Waals surface area contributed by atoms with Gasteiger partial charge in [0.05, 0.1) is 11.0 Å². The second-order valence-corrected chi connectivity index (χ2v) is 4.89. The van der Waals surface area contributed by atoms with Crippen molar-refractivity contribution in [2.45, 2.75) is 25.0 Å². The fourth-order valence-corrected chi connectivity index (χ4v) is 2.71. The van der Waals surface area contributed by atoms with Crippen molar-refractivity contribution in [1.29, 1.82) is 0 Å². The van der Waals surface area contributed by atoms with Crippen LogP contribution in [0.1, 0.15) is 29.7 Å². The van der Waals surface area contributed by atoms with E-state index in [4.69, 9.17) is 10.5 Å². The van der Waals surface area contributed by atoms with Crippen LogP contribution in [0.4, 0.5) is 10.5 Å². The molecule has 2 N–H and O–H groups in total. The van der Waals surface area contributed by atoms with Gasteiger partial charge in [-0.15, -0.1) is 5.10 Å². The molecule has 1 heterocycles. The third-order valence-electron chi connectivity index (χ3n) is 3.65. The first-order chi connectivity index (χ1) is 10.6. The molecule has 2 aromatic rings. The number of nitrogens with zero attached hydrogens (tertiary/aromatic N) is 5. The number of nitro groups is 1. The summed E-state index contributed by atoms with van der Waals surface area (Å²) in [6, 6.07) is 4.13. The van der Waals surface area contributed by atoms with E-state index < -0.39 is 17.1 Å².